The number of rotatable bonds is 5. The van der Waals surface area contributed by atoms with Crippen LogP contribution in [0.1, 0.15) is 10.4 Å². The van der Waals surface area contributed by atoms with Gasteiger partial charge >= 0.3 is 5.97 Å². The minimum Gasteiger partial charge on any atom is -0.467 e. The van der Waals surface area contributed by atoms with E-state index < -0.39 is 5.97 Å². The second-order valence-electron chi connectivity index (χ2n) is 2.86. The Morgan fingerprint density at radius 1 is 1.13 bits per heavy atom. The lowest BCUT2D eigenvalue weighted by Crippen LogP contribution is -2.15. The van der Waals surface area contributed by atoms with Crippen LogP contribution in [-0.2, 0) is 14.3 Å². The van der Waals surface area contributed by atoms with Crippen LogP contribution >= 0.6 is 0 Å². The van der Waals surface area contributed by atoms with Crippen LogP contribution < -0.4 is 0 Å². The second kappa shape index (κ2) is 5.93. The maximum Gasteiger partial charge on any atom is 0.331 e. The molecule has 4 nitrogen and oxygen atoms in total. The van der Waals surface area contributed by atoms with E-state index in [1.54, 1.807) is 24.3 Å². The van der Waals surface area contributed by atoms with Crippen molar-refractivity contribution in [3.8, 4) is 0 Å². The first-order valence-corrected chi connectivity index (χ1v) is 4.47. The number of hydrogen-bond acceptors (Lipinski definition) is 4. The lowest BCUT2D eigenvalue weighted by Gasteiger charge is -2.02. The van der Waals surface area contributed by atoms with E-state index in [9.17, 15) is 9.59 Å². The molecule has 0 saturated carbocycles. The van der Waals surface area contributed by atoms with Crippen molar-refractivity contribution in [1.29, 1.82) is 0 Å². The van der Waals surface area contributed by atoms with Crippen molar-refractivity contribution in [1.82, 2.24) is 0 Å². The first-order chi connectivity index (χ1) is 7.24. The van der Waals surface area contributed by atoms with Crippen LogP contribution in [0.3, 0.4) is 0 Å². The quantitative estimate of drug-likeness (QED) is 0.536. The molecule has 80 valence electrons. The van der Waals surface area contributed by atoms with Crippen molar-refractivity contribution in [2.24, 2.45) is 0 Å². The zero-order valence-electron chi connectivity index (χ0n) is 8.43. The molecular formula is C11H12O4. The summed E-state index contributed by atoms with van der Waals surface area (Å²) in [5, 5.41) is 0. The summed E-state index contributed by atoms with van der Waals surface area (Å²) in [5.74, 6) is -0.643. The fourth-order valence-corrected chi connectivity index (χ4v) is 0.993. The standard InChI is InChI=1S/C11H12O4/c1-14-11(13)8-15-7-10(12)9-5-3-2-4-6-9/h2-6H,7-8H2,1H3. The molecule has 0 heterocycles. The van der Waals surface area contributed by atoms with E-state index in [4.69, 9.17) is 4.74 Å². The van der Waals surface area contributed by atoms with Gasteiger partial charge in [0.25, 0.3) is 0 Å². The fraction of sp³-hybridized carbons (Fsp3) is 0.273. The molecular weight excluding hydrogens is 196 g/mol. The van der Waals surface area contributed by atoms with Gasteiger partial charge in [-0.05, 0) is 0 Å². The number of methoxy groups -OCH3 is 1. The molecule has 0 aliphatic rings. The summed E-state index contributed by atoms with van der Waals surface area (Å²) in [7, 11) is 1.27. The minimum atomic E-state index is -0.490. The van der Waals surface area contributed by atoms with Crippen molar-refractivity contribution in [3.63, 3.8) is 0 Å². The first kappa shape index (κ1) is 11.4. The van der Waals surface area contributed by atoms with E-state index in [0.717, 1.165) is 0 Å². The fourth-order valence-electron chi connectivity index (χ4n) is 0.993. The van der Waals surface area contributed by atoms with Crippen molar-refractivity contribution >= 4 is 11.8 Å². The number of carbonyl (C=O) groups excluding carboxylic acids is 2. The van der Waals surface area contributed by atoms with Gasteiger partial charge in [-0.15, -0.1) is 0 Å². The Kier molecular flexibility index (Phi) is 4.50. The summed E-state index contributed by atoms with van der Waals surface area (Å²) in [6, 6.07) is 8.76. The van der Waals surface area contributed by atoms with Gasteiger partial charge in [0, 0.05) is 5.56 Å². The van der Waals surface area contributed by atoms with Crippen LogP contribution in [0.2, 0.25) is 0 Å². The molecule has 0 saturated heterocycles. The van der Waals surface area contributed by atoms with Crippen LogP contribution in [0.5, 0.6) is 0 Å². The zero-order valence-corrected chi connectivity index (χ0v) is 8.43. The molecule has 4 heteroatoms. The van der Waals surface area contributed by atoms with Gasteiger partial charge in [0.2, 0.25) is 0 Å². The number of carbonyl (C=O) groups is 2. The normalized spacial score (nSPS) is 9.67. The number of ether oxygens (including phenoxy) is 2. The van der Waals surface area contributed by atoms with Crippen molar-refractivity contribution < 1.29 is 19.1 Å². The van der Waals surface area contributed by atoms with Gasteiger partial charge in [-0.3, -0.25) is 4.79 Å². The van der Waals surface area contributed by atoms with E-state index >= 15 is 0 Å². The van der Waals surface area contributed by atoms with Gasteiger partial charge in [-0.2, -0.15) is 0 Å². The summed E-state index contributed by atoms with van der Waals surface area (Å²) >= 11 is 0. The Bertz CT molecular complexity index is 332. The predicted octanol–water partition coefficient (Wildman–Crippen LogP) is 1.06. The summed E-state index contributed by atoms with van der Waals surface area (Å²) in [6.07, 6.45) is 0. The number of esters is 1. The second-order valence-corrected chi connectivity index (χ2v) is 2.86. The molecule has 0 atom stereocenters. The van der Waals surface area contributed by atoms with E-state index in [2.05, 4.69) is 4.74 Å². The summed E-state index contributed by atoms with van der Waals surface area (Å²) in [4.78, 5) is 22.1. The van der Waals surface area contributed by atoms with Gasteiger partial charge in [-0.25, -0.2) is 4.79 Å². The molecule has 0 amide bonds. The summed E-state index contributed by atoms with van der Waals surface area (Å²) < 4.78 is 9.24. The molecule has 0 unspecified atom stereocenters. The van der Waals surface area contributed by atoms with Crippen LogP contribution in [-0.4, -0.2) is 32.1 Å². The smallest absolute Gasteiger partial charge is 0.331 e. The third-order valence-electron chi connectivity index (χ3n) is 1.78. The van der Waals surface area contributed by atoms with Gasteiger partial charge < -0.3 is 9.47 Å². The molecule has 0 aliphatic carbocycles. The molecule has 1 aromatic carbocycles. The van der Waals surface area contributed by atoms with Crippen LogP contribution in [0.15, 0.2) is 30.3 Å². The van der Waals surface area contributed by atoms with Gasteiger partial charge in [0.15, 0.2) is 5.78 Å². The van der Waals surface area contributed by atoms with Crippen LogP contribution in [0.25, 0.3) is 0 Å². The van der Waals surface area contributed by atoms with Crippen LogP contribution in [0, 0.1) is 0 Å². The van der Waals surface area contributed by atoms with E-state index in [1.165, 1.54) is 7.11 Å². The van der Waals surface area contributed by atoms with E-state index in [1.807, 2.05) is 6.07 Å². The minimum absolute atomic E-state index is 0.112. The Labute approximate surface area is 87.8 Å². The molecule has 1 aromatic rings. The van der Waals surface area contributed by atoms with Crippen molar-refractivity contribution in [3.05, 3.63) is 35.9 Å². The van der Waals surface area contributed by atoms with Crippen molar-refractivity contribution in [2.75, 3.05) is 20.3 Å². The maximum atomic E-state index is 11.4. The Morgan fingerprint density at radius 2 is 1.80 bits per heavy atom. The number of hydrogen-bond donors (Lipinski definition) is 0. The van der Waals surface area contributed by atoms with E-state index in [-0.39, 0.29) is 19.0 Å². The SMILES string of the molecule is COC(=O)COCC(=O)c1ccccc1. The summed E-state index contributed by atoms with van der Waals surface area (Å²) in [6.45, 7) is -0.311. The first-order valence-electron chi connectivity index (χ1n) is 4.47. The Hall–Kier alpha value is -1.68. The molecule has 0 aromatic heterocycles. The Balaban J connectivity index is 2.34. The van der Waals surface area contributed by atoms with E-state index in [0.29, 0.717) is 5.56 Å². The monoisotopic (exact) mass is 208 g/mol. The Morgan fingerprint density at radius 3 is 2.40 bits per heavy atom. The van der Waals surface area contributed by atoms with Crippen LogP contribution in [0.4, 0.5) is 0 Å². The molecule has 0 aliphatic heterocycles. The lowest BCUT2D eigenvalue weighted by atomic mass is 10.1. The molecule has 1 rings (SSSR count). The largest absolute Gasteiger partial charge is 0.467 e. The average Bonchev–Trinajstić information content (AvgIpc) is 2.29. The zero-order chi connectivity index (χ0) is 11.1. The molecule has 0 fully saturated rings. The highest BCUT2D eigenvalue weighted by atomic mass is 16.6. The highest BCUT2D eigenvalue weighted by Crippen LogP contribution is 1.99. The molecule has 0 bridgehead atoms. The average molecular weight is 208 g/mol. The number of benzene rings is 1. The summed E-state index contributed by atoms with van der Waals surface area (Å²) in [5.41, 5.74) is 0.572. The predicted molar refractivity (Wildman–Crippen MR) is 53.6 cm³/mol. The lowest BCUT2D eigenvalue weighted by molar-refractivity contribution is -0.145. The highest BCUT2D eigenvalue weighted by Gasteiger charge is 2.06. The third-order valence-corrected chi connectivity index (χ3v) is 1.78. The highest BCUT2D eigenvalue weighted by molar-refractivity contribution is 5.97. The molecule has 0 N–H and O–H groups in total. The number of ketones is 1. The molecule has 0 radical (unpaired) electrons. The topological polar surface area (TPSA) is 52.6 Å². The van der Waals surface area contributed by atoms with Crippen molar-refractivity contribution in [2.45, 2.75) is 0 Å². The maximum absolute atomic E-state index is 11.4. The number of Topliss-reactive ketones (excluding diaryl/α,β-unsaturated/α-hetero) is 1. The molecule has 15 heavy (non-hydrogen) atoms. The third kappa shape index (κ3) is 3.91. The van der Waals surface area contributed by atoms with Gasteiger partial charge in [0.05, 0.1) is 7.11 Å². The van der Waals surface area contributed by atoms with Gasteiger partial charge in [-0.1, -0.05) is 30.3 Å². The van der Waals surface area contributed by atoms with Gasteiger partial charge in [0.1, 0.15) is 13.2 Å². The molecule has 0 spiro atoms.